The van der Waals surface area contributed by atoms with Crippen molar-refractivity contribution in [2.45, 2.75) is 40.5 Å². The minimum absolute atomic E-state index is 0.231. The monoisotopic (exact) mass is 180 g/mol. The molecule has 0 bridgehead atoms. The van der Waals surface area contributed by atoms with Crippen LogP contribution < -0.4 is 0 Å². The second-order valence-corrected chi connectivity index (χ2v) is 4.87. The van der Waals surface area contributed by atoms with E-state index in [9.17, 15) is 4.79 Å². The number of rotatable bonds is 3. The van der Waals surface area contributed by atoms with Gasteiger partial charge in [-0.15, -0.1) is 0 Å². The van der Waals surface area contributed by atoms with Gasteiger partial charge < -0.3 is 4.79 Å². The molecule has 0 aliphatic heterocycles. The van der Waals surface area contributed by atoms with Gasteiger partial charge in [0.15, 0.2) is 0 Å². The Bertz CT molecular complexity index is 223. The highest BCUT2D eigenvalue weighted by Crippen LogP contribution is 2.47. The van der Waals surface area contributed by atoms with E-state index in [1.807, 2.05) is 0 Å². The zero-order valence-electron chi connectivity index (χ0n) is 9.13. The molecule has 0 N–H and O–H groups in total. The standard InChI is InChI=1S/C12H20O/c1-9(2)11-6-5-10(7-8-13)12(11,3)4/h6,8-10H,5,7H2,1-4H3/t10-/m1/s1. The van der Waals surface area contributed by atoms with E-state index in [4.69, 9.17) is 0 Å². The molecule has 1 heteroatoms. The fraction of sp³-hybridized carbons (Fsp3) is 0.750. The largest absolute Gasteiger partial charge is 0.303 e. The smallest absolute Gasteiger partial charge is 0.120 e. The quantitative estimate of drug-likeness (QED) is 0.481. The number of hydrogen-bond acceptors (Lipinski definition) is 1. The fourth-order valence-electron chi connectivity index (χ4n) is 2.55. The minimum atomic E-state index is 0.231. The van der Waals surface area contributed by atoms with Crippen molar-refractivity contribution in [2.24, 2.45) is 17.3 Å². The molecule has 0 saturated carbocycles. The number of hydrogen-bond donors (Lipinski definition) is 0. The first-order valence-electron chi connectivity index (χ1n) is 5.14. The normalized spacial score (nSPS) is 26.2. The highest BCUT2D eigenvalue weighted by molar-refractivity contribution is 5.51. The first-order chi connectivity index (χ1) is 6.00. The average Bonchev–Trinajstić information content (AvgIpc) is 2.28. The zero-order chi connectivity index (χ0) is 10.1. The maximum absolute atomic E-state index is 10.5. The lowest BCUT2D eigenvalue weighted by molar-refractivity contribution is -0.109. The Kier molecular flexibility index (Phi) is 2.94. The van der Waals surface area contributed by atoms with Gasteiger partial charge >= 0.3 is 0 Å². The van der Waals surface area contributed by atoms with E-state index < -0.39 is 0 Å². The molecule has 74 valence electrons. The summed E-state index contributed by atoms with van der Waals surface area (Å²) in [5.74, 6) is 1.15. The Morgan fingerprint density at radius 2 is 2.23 bits per heavy atom. The Morgan fingerprint density at radius 1 is 1.62 bits per heavy atom. The van der Waals surface area contributed by atoms with E-state index in [1.54, 1.807) is 0 Å². The van der Waals surface area contributed by atoms with Crippen LogP contribution in [0.4, 0.5) is 0 Å². The lowest BCUT2D eigenvalue weighted by atomic mass is 9.73. The van der Waals surface area contributed by atoms with Crippen molar-refractivity contribution in [2.75, 3.05) is 0 Å². The molecule has 0 spiro atoms. The Hall–Kier alpha value is -0.590. The van der Waals surface area contributed by atoms with Gasteiger partial charge in [0, 0.05) is 6.42 Å². The van der Waals surface area contributed by atoms with E-state index in [0.717, 1.165) is 12.7 Å². The van der Waals surface area contributed by atoms with Crippen LogP contribution in [0.2, 0.25) is 0 Å². The second-order valence-electron chi connectivity index (χ2n) is 4.87. The van der Waals surface area contributed by atoms with Gasteiger partial charge in [0.1, 0.15) is 6.29 Å². The molecule has 1 atom stereocenters. The van der Waals surface area contributed by atoms with Gasteiger partial charge in [-0.2, -0.15) is 0 Å². The van der Waals surface area contributed by atoms with Crippen LogP contribution in [-0.4, -0.2) is 6.29 Å². The van der Waals surface area contributed by atoms with Crippen LogP contribution in [0.3, 0.4) is 0 Å². The lowest BCUT2D eigenvalue weighted by Gasteiger charge is -2.31. The van der Waals surface area contributed by atoms with Crippen molar-refractivity contribution in [3.8, 4) is 0 Å². The molecule has 0 aromatic rings. The summed E-state index contributed by atoms with van der Waals surface area (Å²) in [6.07, 6.45) is 5.18. The van der Waals surface area contributed by atoms with Crippen LogP contribution in [0.25, 0.3) is 0 Å². The number of aldehydes is 1. The molecule has 0 aromatic heterocycles. The highest BCUT2D eigenvalue weighted by atomic mass is 16.1. The molecule has 1 rings (SSSR count). The first kappa shape index (κ1) is 10.5. The summed E-state index contributed by atoms with van der Waals surface area (Å²) in [6.45, 7) is 8.99. The Balaban J connectivity index is 2.78. The van der Waals surface area contributed by atoms with Crippen molar-refractivity contribution >= 4 is 6.29 Å². The van der Waals surface area contributed by atoms with Crippen molar-refractivity contribution < 1.29 is 4.79 Å². The molecule has 1 aliphatic carbocycles. The molecular formula is C12H20O. The number of carbonyl (C=O) groups is 1. The third kappa shape index (κ3) is 1.84. The lowest BCUT2D eigenvalue weighted by Crippen LogP contribution is -2.23. The van der Waals surface area contributed by atoms with Crippen LogP contribution in [-0.2, 0) is 4.79 Å². The van der Waals surface area contributed by atoms with Crippen molar-refractivity contribution in [1.29, 1.82) is 0 Å². The summed E-state index contributed by atoms with van der Waals surface area (Å²) in [4.78, 5) is 10.5. The zero-order valence-corrected chi connectivity index (χ0v) is 9.13. The molecule has 0 amide bonds. The predicted molar refractivity (Wildman–Crippen MR) is 55.5 cm³/mol. The topological polar surface area (TPSA) is 17.1 Å². The van der Waals surface area contributed by atoms with Gasteiger partial charge in [-0.25, -0.2) is 0 Å². The van der Waals surface area contributed by atoms with Gasteiger partial charge in [0.05, 0.1) is 0 Å². The third-order valence-electron chi connectivity index (χ3n) is 3.39. The summed E-state index contributed by atoms with van der Waals surface area (Å²) >= 11 is 0. The highest BCUT2D eigenvalue weighted by Gasteiger charge is 2.37. The summed E-state index contributed by atoms with van der Waals surface area (Å²) in [7, 11) is 0. The van der Waals surface area contributed by atoms with Gasteiger partial charge in [-0.3, -0.25) is 0 Å². The van der Waals surface area contributed by atoms with E-state index in [2.05, 4.69) is 33.8 Å². The number of allylic oxidation sites excluding steroid dienone is 2. The maximum atomic E-state index is 10.5. The van der Waals surface area contributed by atoms with Gasteiger partial charge in [-0.05, 0) is 23.7 Å². The van der Waals surface area contributed by atoms with Crippen LogP contribution in [0.15, 0.2) is 11.6 Å². The molecule has 0 fully saturated rings. The molecule has 1 nitrogen and oxygen atoms in total. The SMILES string of the molecule is CC(C)C1=CC[C@H](CC=O)C1(C)C. The average molecular weight is 180 g/mol. The van der Waals surface area contributed by atoms with Crippen LogP contribution >= 0.6 is 0 Å². The molecule has 0 aromatic carbocycles. The van der Waals surface area contributed by atoms with Crippen molar-refractivity contribution in [3.63, 3.8) is 0 Å². The van der Waals surface area contributed by atoms with Crippen LogP contribution in [0.5, 0.6) is 0 Å². The predicted octanol–water partition coefficient (Wildman–Crippen LogP) is 3.20. The molecule has 0 saturated heterocycles. The summed E-state index contributed by atoms with van der Waals surface area (Å²) < 4.78 is 0. The van der Waals surface area contributed by atoms with Gasteiger partial charge in [0.2, 0.25) is 0 Å². The van der Waals surface area contributed by atoms with Crippen LogP contribution in [0.1, 0.15) is 40.5 Å². The van der Waals surface area contributed by atoms with E-state index in [-0.39, 0.29) is 5.41 Å². The molecule has 0 radical (unpaired) electrons. The van der Waals surface area contributed by atoms with Crippen LogP contribution in [0, 0.1) is 17.3 Å². The summed E-state index contributed by atoms with van der Waals surface area (Å²) in [6, 6.07) is 0. The minimum Gasteiger partial charge on any atom is -0.303 e. The molecule has 13 heavy (non-hydrogen) atoms. The molecule has 1 aliphatic rings. The van der Waals surface area contributed by atoms with Crippen molar-refractivity contribution in [1.82, 2.24) is 0 Å². The van der Waals surface area contributed by atoms with E-state index >= 15 is 0 Å². The maximum Gasteiger partial charge on any atom is 0.120 e. The van der Waals surface area contributed by atoms with Gasteiger partial charge in [0.25, 0.3) is 0 Å². The van der Waals surface area contributed by atoms with E-state index in [1.165, 1.54) is 5.57 Å². The molecule has 0 heterocycles. The summed E-state index contributed by atoms with van der Waals surface area (Å²) in [5, 5.41) is 0. The second kappa shape index (κ2) is 3.65. The third-order valence-corrected chi connectivity index (χ3v) is 3.39. The molecule has 0 unspecified atom stereocenters. The van der Waals surface area contributed by atoms with Crippen molar-refractivity contribution in [3.05, 3.63) is 11.6 Å². The number of carbonyl (C=O) groups excluding carboxylic acids is 1. The first-order valence-corrected chi connectivity index (χ1v) is 5.14. The van der Waals surface area contributed by atoms with E-state index in [0.29, 0.717) is 18.3 Å². The Morgan fingerprint density at radius 3 is 2.62 bits per heavy atom. The van der Waals surface area contributed by atoms with Gasteiger partial charge in [-0.1, -0.05) is 39.3 Å². The fourth-order valence-corrected chi connectivity index (χ4v) is 2.55. The summed E-state index contributed by atoms with van der Waals surface area (Å²) in [5.41, 5.74) is 1.76. The molecular weight excluding hydrogens is 160 g/mol. The Labute approximate surface area is 81.2 Å².